The zero-order chi connectivity index (χ0) is 15.5. The van der Waals surface area contributed by atoms with Crippen molar-refractivity contribution in [1.29, 1.82) is 0 Å². The molecule has 114 valence electrons. The van der Waals surface area contributed by atoms with Gasteiger partial charge in [0.05, 0.1) is 17.8 Å². The molecular weight excluding hydrogens is 342 g/mol. The van der Waals surface area contributed by atoms with Crippen LogP contribution in [-0.4, -0.2) is 30.5 Å². The van der Waals surface area contributed by atoms with Crippen LogP contribution >= 0.6 is 15.9 Å². The van der Waals surface area contributed by atoms with Crippen LogP contribution in [0.2, 0.25) is 0 Å². The van der Waals surface area contributed by atoms with Gasteiger partial charge in [-0.1, -0.05) is 15.9 Å². The predicted octanol–water partition coefficient (Wildman–Crippen LogP) is 4.31. The van der Waals surface area contributed by atoms with Crippen LogP contribution in [0.1, 0.15) is 11.8 Å². The van der Waals surface area contributed by atoms with Gasteiger partial charge in [0, 0.05) is 28.3 Å². The topological polar surface area (TPSA) is 41.3 Å². The minimum Gasteiger partial charge on any atom is -0.468 e. The predicted molar refractivity (Wildman–Crippen MR) is 93.1 cm³/mol. The average Bonchev–Trinajstić information content (AvgIpc) is 3.01. The van der Waals surface area contributed by atoms with Crippen molar-refractivity contribution in [3.63, 3.8) is 0 Å². The fourth-order valence-electron chi connectivity index (χ4n) is 2.50. The van der Waals surface area contributed by atoms with E-state index in [9.17, 15) is 0 Å². The first kappa shape index (κ1) is 15.1. The van der Waals surface area contributed by atoms with E-state index >= 15 is 0 Å². The van der Waals surface area contributed by atoms with Gasteiger partial charge < -0.3 is 9.73 Å². The van der Waals surface area contributed by atoms with Gasteiger partial charge in [-0.05, 0) is 50.5 Å². The lowest BCUT2D eigenvalue weighted by Gasteiger charge is -2.23. The fourth-order valence-corrected chi connectivity index (χ4v) is 2.85. The van der Waals surface area contributed by atoms with Gasteiger partial charge in [0.25, 0.3) is 0 Å². The summed E-state index contributed by atoms with van der Waals surface area (Å²) in [5.41, 5.74) is 2.05. The van der Waals surface area contributed by atoms with Crippen molar-refractivity contribution in [2.75, 3.05) is 26.0 Å². The van der Waals surface area contributed by atoms with Crippen molar-refractivity contribution in [2.45, 2.75) is 6.04 Å². The Kier molecular flexibility index (Phi) is 4.45. The molecule has 0 aliphatic rings. The van der Waals surface area contributed by atoms with E-state index < -0.39 is 0 Å². The molecule has 0 aliphatic carbocycles. The molecule has 0 spiro atoms. The molecule has 1 N–H and O–H groups in total. The lowest BCUT2D eigenvalue weighted by atomic mass is 10.1. The molecule has 0 aliphatic heterocycles. The summed E-state index contributed by atoms with van der Waals surface area (Å²) in [4.78, 5) is 6.56. The molecule has 1 aromatic carbocycles. The smallest absolute Gasteiger partial charge is 0.122 e. The molecule has 0 fully saturated rings. The molecule has 2 heterocycles. The monoisotopic (exact) mass is 359 g/mol. The second-order valence-electron chi connectivity index (χ2n) is 5.40. The van der Waals surface area contributed by atoms with E-state index in [-0.39, 0.29) is 6.04 Å². The number of hydrogen-bond donors (Lipinski definition) is 1. The maximum Gasteiger partial charge on any atom is 0.122 e. The summed E-state index contributed by atoms with van der Waals surface area (Å²) in [5, 5.41) is 4.63. The van der Waals surface area contributed by atoms with E-state index in [1.165, 1.54) is 0 Å². The quantitative estimate of drug-likeness (QED) is 0.736. The Morgan fingerprint density at radius 2 is 2.14 bits per heavy atom. The molecule has 0 radical (unpaired) electrons. The number of nitrogens with zero attached hydrogens (tertiary/aromatic N) is 2. The number of hydrogen-bond acceptors (Lipinski definition) is 4. The van der Waals surface area contributed by atoms with Crippen LogP contribution in [0.3, 0.4) is 0 Å². The Hall–Kier alpha value is -1.85. The van der Waals surface area contributed by atoms with Gasteiger partial charge in [-0.2, -0.15) is 0 Å². The second kappa shape index (κ2) is 6.50. The lowest BCUT2D eigenvalue weighted by molar-refractivity contribution is 0.269. The number of nitrogens with one attached hydrogen (secondary N) is 1. The second-order valence-corrected chi connectivity index (χ2v) is 6.31. The van der Waals surface area contributed by atoms with Crippen LogP contribution in [0.15, 0.2) is 57.7 Å². The number of furan rings is 1. The standard InChI is InChI=1S/C17H18BrN3O/c1-21(2)16(17-4-3-9-22-17)11-20-14-7-8-19-15-10-12(18)5-6-13(14)15/h3-10,16H,11H2,1-2H3,(H,19,20). The van der Waals surface area contributed by atoms with Crippen LogP contribution in [-0.2, 0) is 0 Å². The van der Waals surface area contributed by atoms with E-state index in [0.717, 1.165) is 33.4 Å². The van der Waals surface area contributed by atoms with Crippen molar-refractivity contribution in [2.24, 2.45) is 0 Å². The molecule has 22 heavy (non-hydrogen) atoms. The summed E-state index contributed by atoms with van der Waals surface area (Å²) < 4.78 is 6.58. The molecular formula is C17H18BrN3O. The Balaban J connectivity index is 1.84. The first-order valence-electron chi connectivity index (χ1n) is 7.13. The average molecular weight is 360 g/mol. The summed E-state index contributed by atoms with van der Waals surface area (Å²) in [5.74, 6) is 0.957. The third kappa shape index (κ3) is 3.15. The first-order valence-corrected chi connectivity index (χ1v) is 7.92. The maximum atomic E-state index is 5.55. The van der Waals surface area contributed by atoms with Crippen LogP contribution in [0.4, 0.5) is 5.69 Å². The van der Waals surface area contributed by atoms with Crippen LogP contribution in [0, 0.1) is 0 Å². The molecule has 3 rings (SSSR count). The summed E-state index contributed by atoms with van der Waals surface area (Å²) in [6.45, 7) is 0.760. The number of likely N-dealkylation sites (N-methyl/N-ethyl adjacent to an activating group) is 1. The van der Waals surface area contributed by atoms with E-state index in [1.54, 1.807) is 6.26 Å². The summed E-state index contributed by atoms with van der Waals surface area (Å²) >= 11 is 3.48. The molecule has 3 aromatic rings. The number of halogens is 1. The maximum absolute atomic E-state index is 5.55. The van der Waals surface area contributed by atoms with Gasteiger partial charge in [-0.25, -0.2) is 0 Å². The van der Waals surface area contributed by atoms with Gasteiger partial charge in [0.2, 0.25) is 0 Å². The Morgan fingerprint density at radius 3 is 2.86 bits per heavy atom. The molecule has 1 atom stereocenters. The number of anilines is 1. The number of pyridine rings is 1. The van der Waals surface area contributed by atoms with Gasteiger partial charge in [-0.3, -0.25) is 9.88 Å². The third-order valence-electron chi connectivity index (χ3n) is 3.69. The van der Waals surface area contributed by atoms with Crippen molar-refractivity contribution in [3.05, 3.63) is 59.1 Å². The SMILES string of the molecule is CN(C)C(CNc1ccnc2cc(Br)ccc12)c1ccco1. The van der Waals surface area contributed by atoms with Gasteiger partial charge in [-0.15, -0.1) is 0 Å². The fraction of sp³-hybridized carbons (Fsp3) is 0.235. The van der Waals surface area contributed by atoms with Crippen molar-refractivity contribution < 1.29 is 4.42 Å². The number of benzene rings is 1. The number of aromatic nitrogens is 1. The van der Waals surface area contributed by atoms with E-state index in [2.05, 4.69) is 51.3 Å². The highest BCUT2D eigenvalue weighted by molar-refractivity contribution is 9.10. The van der Waals surface area contributed by atoms with Crippen LogP contribution in [0.25, 0.3) is 10.9 Å². The normalized spacial score (nSPS) is 12.7. The Labute approximate surface area is 138 Å². The Bertz CT molecular complexity index is 756. The number of fused-ring (bicyclic) bond motifs is 1. The first-order chi connectivity index (χ1) is 10.6. The number of rotatable bonds is 5. The van der Waals surface area contributed by atoms with E-state index in [0.29, 0.717) is 0 Å². The summed E-state index contributed by atoms with van der Waals surface area (Å²) in [6, 6.07) is 12.2. The molecule has 2 aromatic heterocycles. The van der Waals surface area contributed by atoms with Gasteiger partial charge in [0.15, 0.2) is 0 Å². The molecule has 0 bridgehead atoms. The van der Waals surface area contributed by atoms with Crippen molar-refractivity contribution in [3.8, 4) is 0 Å². The molecule has 0 amide bonds. The van der Waals surface area contributed by atoms with Gasteiger partial charge in [0.1, 0.15) is 5.76 Å². The van der Waals surface area contributed by atoms with Crippen LogP contribution < -0.4 is 5.32 Å². The highest BCUT2D eigenvalue weighted by atomic mass is 79.9. The lowest BCUT2D eigenvalue weighted by Crippen LogP contribution is -2.26. The molecule has 5 heteroatoms. The largest absolute Gasteiger partial charge is 0.468 e. The molecule has 0 saturated carbocycles. The molecule has 1 unspecified atom stereocenters. The minimum absolute atomic E-state index is 0.175. The van der Waals surface area contributed by atoms with Crippen molar-refractivity contribution in [1.82, 2.24) is 9.88 Å². The highest BCUT2D eigenvalue weighted by Crippen LogP contribution is 2.26. The molecule has 4 nitrogen and oxygen atoms in total. The summed E-state index contributed by atoms with van der Waals surface area (Å²) in [7, 11) is 4.10. The van der Waals surface area contributed by atoms with E-state index in [1.807, 2.05) is 36.5 Å². The minimum atomic E-state index is 0.175. The summed E-state index contributed by atoms with van der Waals surface area (Å²) in [6.07, 6.45) is 3.54. The highest BCUT2D eigenvalue weighted by Gasteiger charge is 2.17. The third-order valence-corrected chi connectivity index (χ3v) is 4.18. The zero-order valence-corrected chi connectivity index (χ0v) is 14.2. The molecule has 0 saturated heterocycles. The zero-order valence-electron chi connectivity index (χ0n) is 12.6. The van der Waals surface area contributed by atoms with Crippen molar-refractivity contribution >= 4 is 32.5 Å². The Morgan fingerprint density at radius 1 is 1.27 bits per heavy atom. The van der Waals surface area contributed by atoms with Crippen LogP contribution in [0.5, 0.6) is 0 Å². The van der Waals surface area contributed by atoms with Gasteiger partial charge >= 0.3 is 0 Å². The van der Waals surface area contributed by atoms with E-state index in [4.69, 9.17) is 4.42 Å².